The number of aromatic carboxylic acids is 2. The maximum atomic E-state index is 10.7. The highest BCUT2D eigenvalue weighted by Gasteiger charge is 2.18. The van der Waals surface area contributed by atoms with E-state index >= 15 is 0 Å². The van der Waals surface area contributed by atoms with Crippen LogP contribution < -0.4 is 11.1 Å². The molecule has 0 unspecified atom stereocenters. The fraction of sp³-hybridized carbons (Fsp3) is 0. The molecule has 0 atom stereocenters. The summed E-state index contributed by atoms with van der Waals surface area (Å²) >= 11 is 0. The van der Waals surface area contributed by atoms with Crippen LogP contribution >= 0.6 is 0 Å². The van der Waals surface area contributed by atoms with Crippen LogP contribution in [0.15, 0.2) is 9.59 Å². The Balaban J connectivity index is 3.63. The maximum Gasteiger partial charge on any atom is 0.354 e. The van der Waals surface area contributed by atoms with Gasteiger partial charge in [0.15, 0.2) is 11.4 Å². The van der Waals surface area contributed by atoms with Gasteiger partial charge in [0, 0.05) is 0 Å². The van der Waals surface area contributed by atoms with Crippen molar-refractivity contribution in [2.45, 2.75) is 0 Å². The molecule has 0 aliphatic heterocycles. The van der Waals surface area contributed by atoms with Gasteiger partial charge in [-0.05, 0) is 0 Å². The molecule has 14 heavy (non-hydrogen) atoms. The smallest absolute Gasteiger partial charge is 0.354 e. The van der Waals surface area contributed by atoms with Crippen molar-refractivity contribution in [1.82, 2.24) is 9.97 Å². The molecule has 0 aliphatic carbocycles. The van der Waals surface area contributed by atoms with Gasteiger partial charge in [0.05, 0.1) is 0 Å². The van der Waals surface area contributed by atoms with Crippen molar-refractivity contribution >= 4 is 11.9 Å². The van der Waals surface area contributed by atoms with Crippen molar-refractivity contribution in [2.75, 3.05) is 0 Å². The summed E-state index contributed by atoms with van der Waals surface area (Å²) in [6, 6.07) is 0. The van der Waals surface area contributed by atoms with E-state index < -0.39 is 34.4 Å². The van der Waals surface area contributed by atoms with E-state index in [1.807, 2.05) is 0 Å². The van der Waals surface area contributed by atoms with Crippen LogP contribution in [0.4, 0.5) is 0 Å². The molecule has 8 heteroatoms. The molecule has 8 nitrogen and oxygen atoms in total. The van der Waals surface area contributed by atoms with Crippen LogP contribution in [0.25, 0.3) is 0 Å². The van der Waals surface area contributed by atoms with E-state index in [4.69, 9.17) is 10.2 Å². The third-order valence-corrected chi connectivity index (χ3v) is 1.36. The molecule has 1 aromatic heterocycles. The number of carboxylic acid groups (broad SMARTS) is 2. The molecular weight excluding hydrogens is 196 g/mol. The van der Waals surface area contributed by atoms with Crippen LogP contribution in [0.5, 0.6) is 0 Å². The van der Waals surface area contributed by atoms with Crippen LogP contribution in [0.1, 0.15) is 21.0 Å². The van der Waals surface area contributed by atoms with Crippen molar-refractivity contribution in [3.8, 4) is 0 Å². The lowest BCUT2D eigenvalue weighted by Gasteiger charge is -1.98. The first-order valence-electron chi connectivity index (χ1n) is 3.26. The van der Waals surface area contributed by atoms with Gasteiger partial charge in [0.1, 0.15) is 0 Å². The molecule has 0 saturated heterocycles. The number of H-pyrrole nitrogens is 2. The first kappa shape index (κ1) is 9.71. The van der Waals surface area contributed by atoms with E-state index in [0.29, 0.717) is 0 Å². The number of hydrogen-bond donors (Lipinski definition) is 4. The zero-order valence-corrected chi connectivity index (χ0v) is 6.53. The summed E-state index contributed by atoms with van der Waals surface area (Å²) in [5.41, 5.74) is -4.15. The van der Waals surface area contributed by atoms with Crippen molar-refractivity contribution in [1.29, 1.82) is 0 Å². The van der Waals surface area contributed by atoms with Crippen molar-refractivity contribution < 1.29 is 19.8 Å². The Morgan fingerprint density at radius 1 is 0.857 bits per heavy atom. The molecule has 0 spiro atoms. The summed E-state index contributed by atoms with van der Waals surface area (Å²) in [6.07, 6.45) is 0. The Morgan fingerprint density at radius 2 is 1.14 bits per heavy atom. The molecule has 1 aromatic rings. The highest BCUT2D eigenvalue weighted by molar-refractivity contribution is 5.98. The zero-order chi connectivity index (χ0) is 10.9. The van der Waals surface area contributed by atoms with Crippen molar-refractivity contribution in [2.24, 2.45) is 0 Å². The van der Waals surface area contributed by atoms with Gasteiger partial charge in [-0.3, -0.25) is 9.59 Å². The van der Waals surface area contributed by atoms with E-state index in [0.717, 1.165) is 0 Å². The lowest BCUT2D eigenvalue weighted by molar-refractivity contribution is 0.0640. The standard InChI is InChI=1S/C6H4N2O6/c9-3-4(10)8-2(6(13)14)1(7-3)5(11)12/h(H,7,9)(H,8,10)(H,11,12)(H,13,14). The molecule has 4 N–H and O–H groups in total. The second-order valence-electron chi connectivity index (χ2n) is 2.27. The fourth-order valence-electron chi connectivity index (χ4n) is 0.786. The highest BCUT2D eigenvalue weighted by atomic mass is 16.4. The normalized spacial score (nSPS) is 9.71. The molecule has 0 aromatic carbocycles. The average molecular weight is 200 g/mol. The number of rotatable bonds is 2. The number of aromatic nitrogens is 2. The van der Waals surface area contributed by atoms with E-state index in [9.17, 15) is 19.2 Å². The van der Waals surface area contributed by atoms with Gasteiger partial charge in [-0.15, -0.1) is 0 Å². The quantitative estimate of drug-likeness (QED) is 0.426. The summed E-state index contributed by atoms with van der Waals surface area (Å²) in [7, 11) is 0. The highest BCUT2D eigenvalue weighted by Crippen LogP contribution is 1.97. The lowest BCUT2D eigenvalue weighted by atomic mass is 10.3. The SMILES string of the molecule is O=C(O)c1[nH]c(=O)c(=O)[nH]c1C(=O)O. The molecule has 1 heterocycles. The van der Waals surface area contributed by atoms with Gasteiger partial charge in [0.25, 0.3) is 0 Å². The Labute approximate surface area is 74.8 Å². The van der Waals surface area contributed by atoms with Crippen LogP contribution in [-0.2, 0) is 0 Å². The first-order chi connectivity index (χ1) is 6.43. The second-order valence-corrected chi connectivity index (χ2v) is 2.27. The van der Waals surface area contributed by atoms with Crippen LogP contribution in [0.3, 0.4) is 0 Å². The minimum absolute atomic E-state index is 0.859. The number of nitrogens with one attached hydrogen (secondary N) is 2. The van der Waals surface area contributed by atoms with Gasteiger partial charge in [-0.1, -0.05) is 0 Å². The van der Waals surface area contributed by atoms with Gasteiger partial charge in [-0.25, -0.2) is 9.59 Å². The Kier molecular flexibility index (Phi) is 2.19. The fourth-order valence-corrected chi connectivity index (χ4v) is 0.786. The predicted octanol–water partition coefficient (Wildman–Crippen LogP) is -1.54. The largest absolute Gasteiger partial charge is 0.477 e. The molecule has 0 radical (unpaired) electrons. The number of hydrogen-bond acceptors (Lipinski definition) is 4. The van der Waals surface area contributed by atoms with Crippen molar-refractivity contribution in [3.63, 3.8) is 0 Å². The first-order valence-corrected chi connectivity index (χ1v) is 3.26. The van der Waals surface area contributed by atoms with Gasteiger partial charge < -0.3 is 20.2 Å². The molecule has 0 bridgehead atoms. The zero-order valence-electron chi connectivity index (χ0n) is 6.53. The molecule has 1 rings (SSSR count). The minimum Gasteiger partial charge on any atom is -0.477 e. The monoisotopic (exact) mass is 200 g/mol. The Bertz CT molecular complexity index is 463. The number of carboxylic acids is 2. The van der Waals surface area contributed by atoms with Crippen LogP contribution in [0, 0.1) is 0 Å². The van der Waals surface area contributed by atoms with Crippen LogP contribution in [0.2, 0.25) is 0 Å². The molecule has 0 saturated carbocycles. The van der Waals surface area contributed by atoms with Gasteiger partial charge in [-0.2, -0.15) is 0 Å². The molecule has 0 aliphatic rings. The van der Waals surface area contributed by atoms with Gasteiger partial charge >= 0.3 is 23.1 Å². The maximum absolute atomic E-state index is 10.7. The topological polar surface area (TPSA) is 140 Å². The molecular formula is C6H4N2O6. The summed E-state index contributed by atoms with van der Waals surface area (Å²) in [6.45, 7) is 0. The van der Waals surface area contributed by atoms with E-state index in [1.54, 1.807) is 9.97 Å². The third kappa shape index (κ3) is 1.53. The summed E-state index contributed by atoms with van der Waals surface area (Å²) in [4.78, 5) is 45.5. The second kappa shape index (κ2) is 3.17. The molecule has 74 valence electrons. The van der Waals surface area contributed by atoms with E-state index in [-0.39, 0.29) is 0 Å². The molecule has 0 fully saturated rings. The van der Waals surface area contributed by atoms with Gasteiger partial charge in [0.2, 0.25) is 0 Å². The molecule has 0 amide bonds. The predicted molar refractivity (Wildman–Crippen MR) is 41.6 cm³/mol. The summed E-state index contributed by atoms with van der Waals surface area (Å²) in [5.74, 6) is -3.29. The number of aromatic amines is 2. The number of carbonyl (C=O) groups is 2. The Hall–Kier alpha value is -2.38. The summed E-state index contributed by atoms with van der Waals surface area (Å²) in [5, 5.41) is 16.9. The minimum atomic E-state index is -1.64. The van der Waals surface area contributed by atoms with E-state index in [2.05, 4.69) is 0 Å². The lowest BCUT2D eigenvalue weighted by Crippen LogP contribution is -2.34. The van der Waals surface area contributed by atoms with Crippen molar-refractivity contribution in [3.05, 3.63) is 32.1 Å². The third-order valence-electron chi connectivity index (χ3n) is 1.36. The summed E-state index contributed by atoms with van der Waals surface area (Å²) < 4.78 is 0. The average Bonchev–Trinajstić information content (AvgIpc) is 2.08. The Morgan fingerprint density at radius 3 is 1.36 bits per heavy atom. The van der Waals surface area contributed by atoms with Crippen LogP contribution in [-0.4, -0.2) is 32.1 Å². The van der Waals surface area contributed by atoms with E-state index in [1.165, 1.54) is 0 Å².